The van der Waals surface area contributed by atoms with E-state index in [-0.39, 0.29) is 18.4 Å². The van der Waals surface area contributed by atoms with Gasteiger partial charge in [0.25, 0.3) is 11.8 Å². The molecule has 7 heteroatoms. The fourth-order valence-electron chi connectivity index (χ4n) is 3.02. The number of hydrogen-bond donors (Lipinski definition) is 0. The molecule has 142 valence electrons. The quantitative estimate of drug-likeness (QED) is 0.804. The molecule has 0 saturated carbocycles. The van der Waals surface area contributed by atoms with E-state index in [2.05, 4.69) is 4.98 Å². The molecule has 0 N–H and O–H groups in total. The Kier molecular flexibility index (Phi) is 6.25. The maximum Gasteiger partial charge on any atom is 0.260 e. The third kappa shape index (κ3) is 4.75. The largest absolute Gasteiger partial charge is 0.493 e. The highest BCUT2D eigenvalue weighted by Gasteiger charge is 2.23. The van der Waals surface area contributed by atoms with Gasteiger partial charge in [0, 0.05) is 44.1 Å². The van der Waals surface area contributed by atoms with E-state index in [1.54, 1.807) is 53.6 Å². The summed E-state index contributed by atoms with van der Waals surface area (Å²) in [4.78, 5) is 32.5. The fraction of sp³-hybridized carbons (Fsp3) is 0.350. The van der Waals surface area contributed by atoms with Crippen molar-refractivity contribution < 1.29 is 19.1 Å². The van der Waals surface area contributed by atoms with Crippen molar-refractivity contribution in [2.75, 3.05) is 39.9 Å². The van der Waals surface area contributed by atoms with E-state index in [0.717, 1.165) is 6.42 Å². The lowest BCUT2D eigenvalue weighted by Crippen LogP contribution is -2.39. The molecule has 27 heavy (non-hydrogen) atoms. The lowest BCUT2D eigenvalue weighted by atomic mass is 10.2. The molecule has 1 saturated heterocycles. The molecule has 0 spiro atoms. The first kappa shape index (κ1) is 18.7. The maximum atomic E-state index is 12.6. The second-order valence-corrected chi connectivity index (χ2v) is 6.20. The van der Waals surface area contributed by atoms with E-state index in [0.29, 0.717) is 43.2 Å². The number of ether oxygens (including phenoxy) is 2. The van der Waals surface area contributed by atoms with Crippen LogP contribution in [0.15, 0.2) is 48.8 Å². The Morgan fingerprint density at radius 3 is 2.37 bits per heavy atom. The highest BCUT2D eigenvalue weighted by atomic mass is 16.5. The van der Waals surface area contributed by atoms with Crippen LogP contribution < -0.4 is 9.47 Å². The van der Waals surface area contributed by atoms with Gasteiger partial charge in [0.1, 0.15) is 0 Å². The van der Waals surface area contributed by atoms with Crippen LogP contribution >= 0.6 is 0 Å². The maximum absolute atomic E-state index is 12.6. The predicted molar refractivity (Wildman–Crippen MR) is 99.8 cm³/mol. The summed E-state index contributed by atoms with van der Waals surface area (Å²) < 4.78 is 10.9. The first-order valence-electron chi connectivity index (χ1n) is 8.92. The van der Waals surface area contributed by atoms with Crippen LogP contribution in [0.25, 0.3) is 0 Å². The topological polar surface area (TPSA) is 72.0 Å². The molecule has 1 aromatic carbocycles. The molecule has 0 radical (unpaired) electrons. The number of para-hydroxylation sites is 2. The Labute approximate surface area is 158 Å². The first-order valence-corrected chi connectivity index (χ1v) is 8.92. The van der Waals surface area contributed by atoms with Gasteiger partial charge < -0.3 is 19.3 Å². The number of benzene rings is 1. The predicted octanol–water partition coefficient (Wildman–Crippen LogP) is 1.84. The summed E-state index contributed by atoms with van der Waals surface area (Å²) in [6.07, 6.45) is 3.95. The Morgan fingerprint density at radius 2 is 1.63 bits per heavy atom. The van der Waals surface area contributed by atoms with Crippen molar-refractivity contribution in [1.29, 1.82) is 0 Å². The molecule has 0 atom stereocenters. The van der Waals surface area contributed by atoms with E-state index in [9.17, 15) is 9.59 Å². The molecule has 1 aliphatic heterocycles. The summed E-state index contributed by atoms with van der Waals surface area (Å²) in [6.45, 7) is 2.16. The number of methoxy groups -OCH3 is 1. The number of hydrogen-bond acceptors (Lipinski definition) is 5. The van der Waals surface area contributed by atoms with Crippen molar-refractivity contribution in [3.8, 4) is 11.5 Å². The molecular formula is C20H23N3O4. The summed E-state index contributed by atoms with van der Waals surface area (Å²) in [5.74, 6) is 1.00. The second-order valence-electron chi connectivity index (χ2n) is 6.20. The van der Waals surface area contributed by atoms with E-state index < -0.39 is 0 Å². The van der Waals surface area contributed by atoms with Gasteiger partial charge in [-0.3, -0.25) is 14.6 Å². The van der Waals surface area contributed by atoms with Crippen molar-refractivity contribution >= 4 is 11.8 Å². The van der Waals surface area contributed by atoms with Crippen LogP contribution in [0, 0.1) is 0 Å². The highest BCUT2D eigenvalue weighted by molar-refractivity contribution is 5.94. The van der Waals surface area contributed by atoms with Gasteiger partial charge in [-0.25, -0.2) is 0 Å². The van der Waals surface area contributed by atoms with Crippen LogP contribution in [-0.2, 0) is 4.79 Å². The van der Waals surface area contributed by atoms with Gasteiger partial charge in [0.05, 0.1) is 7.11 Å². The molecule has 1 aromatic heterocycles. The van der Waals surface area contributed by atoms with Crippen LogP contribution in [0.1, 0.15) is 16.8 Å². The van der Waals surface area contributed by atoms with E-state index in [1.807, 2.05) is 12.1 Å². The van der Waals surface area contributed by atoms with Crippen LogP contribution in [-0.4, -0.2) is 66.5 Å². The number of amides is 2. The number of nitrogens with zero attached hydrogens (tertiary/aromatic N) is 3. The molecule has 0 bridgehead atoms. The molecule has 2 amide bonds. The van der Waals surface area contributed by atoms with Crippen molar-refractivity contribution in [2.45, 2.75) is 6.42 Å². The number of pyridine rings is 1. The zero-order chi connectivity index (χ0) is 19.1. The third-order valence-corrected chi connectivity index (χ3v) is 4.48. The number of carbonyl (C=O) groups excluding carboxylic acids is 2. The minimum atomic E-state index is -0.0980. The first-order chi connectivity index (χ1) is 13.2. The van der Waals surface area contributed by atoms with Gasteiger partial charge in [0.2, 0.25) is 0 Å². The minimum absolute atomic E-state index is 0.0306. The average molecular weight is 369 g/mol. The average Bonchev–Trinajstić information content (AvgIpc) is 2.98. The van der Waals surface area contributed by atoms with Gasteiger partial charge in [-0.2, -0.15) is 0 Å². The third-order valence-electron chi connectivity index (χ3n) is 4.48. The van der Waals surface area contributed by atoms with Gasteiger partial charge in [-0.1, -0.05) is 12.1 Å². The number of rotatable bonds is 5. The van der Waals surface area contributed by atoms with E-state index in [4.69, 9.17) is 9.47 Å². The molecule has 7 nitrogen and oxygen atoms in total. The Bertz CT molecular complexity index is 782. The summed E-state index contributed by atoms with van der Waals surface area (Å²) in [5, 5.41) is 0. The van der Waals surface area contributed by atoms with Crippen molar-refractivity contribution in [1.82, 2.24) is 14.8 Å². The molecular weight excluding hydrogens is 346 g/mol. The second kappa shape index (κ2) is 9.02. The number of carbonyl (C=O) groups is 2. The highest BCUT2D eigenvalue weighted by Crippen LogP contribution is 2.25. The summed E-state index contributed by atoms with van der Waals surface area (Å²) in [6, 6.07) is 10.6. The lowest BCUT2D eigenvalue weighted by molar-refractivity contribution is -0.133. The molecule has 2 aromatic rings. The number of aromatic nitrogens is 1. The zero-order valence-corrected chi connectivity index (χ0v) is 15.3. The Morgan fingerprint density at radius 1 is 0.963 bits per heavy atom. The Balaban J connectivity index is 1.54. The SMILES string of the molecule is COc1ccccc1OCC(=O)N1CCCN(C(=O)c2ccncc2)CC1. The molecule has 0 aliphatic carbocycles. The smallest absolute Gasteiger partial charge is 0.260 e. The summed E-state index contributed by atoms with van der Waals surface area (Å²) >= 11 is 0. The van der Waals surface area contributed by atoms with Crippen molar-refractivity contribution in [3.63, 3.8) is 0 Å². The van der Waals surface area contributed by atoms with Crippen LogP contribution in [0.3, 0.4) is 0 Å². The Hall–Kier alpha value is -3.09. The molecule has 1 aliphatic rings. The fourth-order valence-corrected chi connectivity index (χ4v) is 3.02. The normalized spacial score (nSPS) is 14.4. The van der Waals surface area contributed by atoms with E-state index in [1.165, 1.54) is 0 Å². The van der Waals surface area contributed by atoms with Crippen molar-refractivity contribution in [2.24, 2.45) is 0 Å². The minimum Gasteiger partial charge on any atom is -0.493 e. The van der Waals surface area contributed by atoms with Crippen LogP contribution in [0.5, 0.6) is 11.5 Å². The summed E-state index contributed by atoms with van der Waals surface area (Å²) in [5.41, 5.74) is 0.615. The molecule has 2 heterocycles. The van der Waals surface area contributed by atoms with Crippen LogP contribution in [0.4, 0.5) is 0 Å². The standard InChI is InChI=1S/C20H23N3O4/c1-26-17-5-2-3-6-18(17)27-15-19(24)22-11-4-12-23(14-13-22)20(25)16-7-9-21-10-8-16/h2-3,5-10H,4,11-15H2,1H3. The van der Waals surface area contributed by atoms with Gasteiger partial charge in [-0.05, 0) is 30.7 Å². The van der Waals surface area contributed by atoms with Gasteiger partial charge in [0.15, 0.2) is 18.1 Å². The monoisotopic (exact) mass is 369 g/mol. The molecule has 1 fully saturated rings. The van der Waals surface area contributed by atoms with Gasteiger partial charge >= 0.3 is 0 Å². The molecule has 0 unspecified atom stereocenters. The van der Waals surface area contributed by atoms with Crippen molar-refractivity contribution in [3.05, 3.63) is 54.4 Å². The zero-order valence-electron chi connectivity index (χ0n) is 15.3. The molecule has 3 rings (SSSR count). The van der Waals surface area contributed by atoms with Crippen LogP contribution in [0.2, 0.25) is 0 Å². The van der Waals surface area contributed by atoms with Gasteiger partial charge in [-0.15, -0.1) is 0 Å². The van der Waals surface area contributed by atoms with E-state index >= 15 is 0 Å². The summed E-state index contributed by atoms with van der Waals surface area (Å²) in [7, 11) is 1.56. The lowest BCUT2D eigenvalue weighted by Gasteiger charge is -2.22.